The maximum Gasteiger partial charge on any atom is 0.162 e. The molecule has 6 nitrogen and oxygen atoms in total. The predicted molar refractivity (Wildman–Crippen MR) is 92.2 cm³/mol. The lowest BCUT2D eigenvalue weighted by Crippen LogP contribution is -2.47. The summed E-state index contributed by atoms with van der Waals surface area (Å²) < 4.78 is 10.6. The second-order valence-corrected chi connectivity index (χ2v) is 5.92. The van der Waals surface area contributed by atoms with Crippen LogP contribution in [0.1, 0.15) is 12.0 Å². The fourth-order valence-electron chi connectivity index (χ4n) is 3.02. The summed E-state index contributed by atoms with van der Waals surface area (Å²) in [6.07, 6.45) is 2.00. The Kier molecular flexibility index (Phi) is 6.95. The van der Waals surface area contributed by atoms with Crippen molar-refractivity contribution >= 4 is 5.69 Å². The van der Waals surface area contributed by atoms with Gasteiger partial charge in [0, 0.05) is 44.5 Å². The van der Waals surface area contributed by atoms with Gasteiger partial charge in [-0.25, -0.2) is 0 Å². The summed E-state index contributed by atoms with van der Waals surface area (Å²) in [5.74, 6) is 1.41. The summed E-state index contributed by atoms with van der Waals surface area (Å²) in [5, 5.41) is 8.97. The number of aliphatic hydroxyl groups excluding tert-OH is 1. The number of aliphatic hydroxyl groups is 1. The smallest absolute Gasteiger partial charge is 0.162 e. The molecule has 3 N–H and O–H groups in total. The van der Waals surface area contributed by atoms with Crippen LogP contribution in [0.15, 0.2) is 12.1 Å². The van der Waals surface area contributed by atoms with Crippen LogP contribution in [0.2, 0.25) is 0 Å². The topological polar surface area (TPSA) is 71.2 Å². The average molecular weight is 323 g/mol. The first-order valence-electron chi connectivity index (χ1n) is 8.24. The van der Waals surface area contributed by atoms with Gasteiger partial charge in [0.15, 0.2) is 11.5 Å². The molecule has 1 fully saturated rings. The van der Waals surface area contributed by atoms with Gasteiger partial charge in [0.25, 0.3) is 0 Å². The molecule has 0 bridgehead atoms. The largest absolute Gasteiger partial charge is 0.493 e. The summed E-state index contributed by atoms with van der Waals surface area (Å²) in [6, 6.07) is 3.81. The second-order valence-electron chi connectivity index (χ2n) is 5.92. The molecule has 6 heteroatoms. The monoisotopic (exact) mass is 323 g/mol. The highest BCUT2D eigenvalue weighted by molar-refractivity contribution is 5.58. The van der Waals surface area contributed by atoms with Gasteiger partial charge in [-0.3, -0.25) is 4.90 Å². The maximum atomic E-state index is 8.97. The van der Waals surface area contributed by atoms with Crippen molar-refractivity contribution in [3.8, 4) is 11.5 Å². The summed E-state index contributed by atoms with van der Waals surface area (Å²) in [5.41, 5.74) is 7.98. The first-order valence-corrected chi connectivity index (χ1v) is 8.24. The molecule has 130 valence electrons. The third-order valence-corrected chi connectivity index (χ3v) is 4.45. The molecule has 0 atom stereocenters. The van der Waals surface area contributed by atoms with E-state index < -0.39 is 0 Å². The van der Waals surface area contributed by atoms with Gasteiger partial charge < -0.3 is 25.2 Å². The van der Waals surface area contributed by atoms with E-state index in [4.69, 9.17) is 20.3 Å². The van der Waals surface area contributed by atoms with Crippen molar-refractivity contribution in [1.82, 2.24) is 9.80 Å². The van der Waals surface area contributed by atoms with Gasteiger partial charge in [0.05, 0.1) is 20.8 Å². The first-order chi connectivity index (χ1) is 11.2. The van der Waals surface area contributed by atoms with Crippen molar-refractivity contribution < 1.29 is 14.6 Å². The normalized spacial score (nSPS) is 16.5. The molecule has 0 unspecified atom stereocenters. The zero-order valence-electron chi connectivity index (χ0n) is 14.3. The highest BCUT2D eigenvalue weighted by atomic mass is 16.5. The molecule has 23 heavy (non-hydrogen) atoms. The Morgan fingerprint density at radius 2 is 1.57 bits per heavy atom. The predicted octanol–water partition coefficient (Wildman–Crippen LogP) is 0.829. The number of hydrogen-bond acceptors (Lipinski definition) is 6. The zero-order chi connectivity index (χ0) is 16.7. The number of ether oxygens (including phenoxy) is 2. The maximum absolute atomic E-state index is 8.97. The minimum Gasteiger partial charge on any atom is -0.493 e. The molecule has 0 aliphatic carbocycles. The Balaban J connectivity index is 1.80. The number of nitrogen functional groups attached to an aromatic ring is 1. The van der Waals surface area contributed by atoms with E-state index in [1.807, 2.05) is 12.1 Å². The minimum atomic E-state index is 0.249. The third-order valence-electron chi connectivity index (χ3n) is 4.45. The molecule has 0 amide bonds. The van der Waals surface area contributed by atoms with Crippen LogP contribution < -0.4 is 15.2 Å². The van der Waals surface area contributed by atoms with Crippen LogP contribution in [-0.4, -0.2) is 75.0 Å². The second kappa shape index (κ2) is 8.96. The van der Waals surface area contributed by atoms with Crippen LogP contribution in [0, 0.1) is 0 Å². The van der Waals surface area contributed by atoms with Gasteiger partial charge in [-0.2, -0.15) is 0 Å². The number of rotatable bonds is 8. The molecule has 0 spiro atoms. The lowest BCUT2D eigenvalue weighted by Gasteiger charge is -2.34. The van der Waals surface area contributed by atoms with E-state index in [9.17, 15) is 0 Å². The SMILES string of the molecule is COc1cc(N)c(CCCN2CCN(CCO)CC2)cc1OC. The Morgan fingerprint density at radius 1 is 1.00 bits per heavy atom. The quantitative estimate of drug-likeness (QED) is 0.691. The molecule has 1 aromatic rings. The molecule has 0 aromatic heterocycles. The Hall–Kier alpha value is -1.50. The van der Waals surface area contributed by atoms with E-state index >= 15 is 0 Å². The van der Waals surface area contributed by atoms with Gasteiger partial charge in [-0.1, -0.05) is 0 Å². The van der Waals surface area contributed by atoms with Crippen molar-refractivity contribution in [2.24, 2.45) is 0 Å². The van der Waals surface area contributed by atoms with Crippen molar-refractivity contribution in [3.63, 3.8) is 0 Å². The molecular formula is C17H29N3O3. The number of piperazine rings is 1. The van der Waals surface area contributed by atoms with E-state index in [-0.39, 0.29) is 6.61 Å². The zero-order valence-corrected chi connectivity index (χ0v) is 14.3. The van der Waals surface area contributed by atoms with Gasteiger partial charge >= 0.3 is 0 Å². The van der Waals surface area contributed by atoms with Crippen LogP contribution in [0.5, 0.6) is 11.5 Å². The van der Waals surface area contributed by atoms with E-state index in [0.717, 1.165) is 69.1 Å². The van der Waals surface area contributed by atoms with Crippen molar-refractivity contribution in [3.05, 3.63) is 17.7 Å². The van der Waals surface area contributed by atoms with E-state index in [1.54, 1.807) is 14.2 Å². The van der Waals surface area contributed by atoms with Crippen LogP contribution >= 0.6 is 0 Å². The lowest BCUT2D eigenvalue weighted by atomic mass is 10.1. The number of hydrogen-bond donors (Lipinski definition) is 2. The summed E-state index contributed by atoms with van der Waals surface area (Å²) >= 11 is 0. The first kappa shape index (κ1) is 17.8. The van der Waals surface area contributed by atoms with Crippen LogP contribution in [0.3, 0.4) is 0 Å². The fraction of sp³-hybridized carbons (Fsp3) is 0.647. The number of aryl methyl sites for hydroxylation is 1. The number of nitrogens with zero attached hydrogens (tertiary/aromatic N) is 2. The molecule has 1 heterocycles. The summed E-state index contributed by atoms with van der Waals surface area (Å²) in [4.78, 5) is 4.79. The molecule has 1 aliphatic rings. The Labute approximate surface area is 138 Å². The molecule has 2 rings (SSSR count). The van der Waals surface area contributed by atoms with Gasteiger partial charge in [0.1, 0.15) is 0 Å². The highest BCUT2D eigenvalue weighted by Gasteiger charge is 2.16. The molecule has 1 aromatic carbocycles. The Morgan fingerprint density at radius 3 is 2.13 bits per heavy atom. The molecule has 0 radical (unpaired) electrons. The van der Waals surface area contributed by atoms with Crippen LogP contribution in [0.25, 0.3) is 0 Å². The lowest BCUT2D eigenvalue weighted by molar-refractivity contribution is 0.112. The van der Waals surface area contributed by atoms with Crippen molar-refractivity contribution in [2.45, 2.75) is 12.8 Å². The van der Waals surface area contributed by atoms with Crippen molar-refractivity contribution in [2.75, 3.05) is 65.8 Å². The van der Waals surface area contributed by atoms with E-state index in [0.29, 0.717) is 5.75 Å². The minimum absolute atomic E-state index is 0.249. The average Bonchev–Trinajstić information content (AvgIpc) is 2.57. The van der Waals surface area contributed by atoms with Crippen LogP contribution in [0.4, 0.5) is 5.69 Å². The number of nitrogens with two attached hydrogens (primary N) is 1. The fourth-order valence-corrected chi connectivity index (χ4v) is 3.02. The Bertz CT molecular complexity index is 488. The highest BCUT2D eigenvalue weighted by Crippen LogP contribution is 2.32. The standard InChI is InChI=1S/C17H29N3O3/c1-22-16-12-14(15(18)13-17(16)23-2)4-3-5-19-6-8-20(9-7-19)10-11-21/h12-13,21H,3-11,18H2,1-2H3. The molecule has 1 aliphatic heterocycles. The van der Waals surface area contributed by atoms with Gasteiger partial charge in [-0.05, 0) is 31.0 Å². The molecular weight excluding hydrogens is 294 g/mol. The van der Waals surface area contributed by atoms with E-state index in [1.165, 1.54) is 0 Å². The van der Waals surface area contributed by atoms with Crippen LogP contribution in [-0.2, 0) is 6.42 Å². The number of methoxy groups -OCH3 is 2. The summed E-state index contributed by atoms with van der Waals surface area (Å²) in [6.45, 7) is 6.33. The summed E-state index contributed by atoms with van der Waals surface area (Å²) in [7, 11) is 3.26. The number of β-amino-alcohol motifs (C(OH)–C–C–N with tert-alkyl or cyclic N) is 1. The number of anilines is 1. The van der Waals surface area contributed by atoms with Crippen molar-refractivity contribution in [1.29, 1.82) is 0 Å². The van der Waals surface area contributed by atoms with E-state index in [2.05, 4.69) is 9.80 Å². The van der Waals surface area contributed by atoms with Gasteiger partial charge in [0.2, 0.25) is 0 Å². The third kappa shape index (κ3) is 4.99. The molecule has 0 saturated carbocycles. The van der Waals surface area contributed by atoms with Gasteiger partial charge in [-0.15, -0.1) is 0 Å². The number of benzene rings is 1. The molecule has 1 saturated heterocycles.